The lowest BCUT2D eigenvalue weighted by Crippen LogP contribution is -2.54. The fourth-order valence-electron chi connectivity index (χ4n) is 4.02. The van der Waals surface area contributed by atoms with Crippen LogP contribution in [0.1, 0.15) is 53.3 Å². The molecule has 8 heteroatoms. The van der Waals surface area contributed by atoms with Crippen LogP contribution in [0.25, 0.3) is 0 Å². The number of rotatable bonds is 3. The molecule has 1 aromatic rings. The summed E-state index contributed by atoms with van der Waals surface area (Å²) in [6.07, 6.45) is 2.38. The van der Waals surface area contributed by atoms with Gasteiger partial charge in [0.1, 0.15) is 6.04 Å². The predicted octanol–water partition coefficient (Wildman–Crippen LogP) is 0.640. The van der Waals surface area contributed by atoms with Crippen LogP contribution < -0.4 is 16.0 Å². The molecule has 3 heterocycles. The number of piperidine rings is 2. The number of hydrogen-bond acceptors (Lipinski definition) is 6. The fourth-order valence-corrected chi connectivity index (χ4v) is 4.02. The SMILES string of the molecule is C[C@@H]1NCCC[C@@H]1Nc1ccc2c(c1)C(=O)N(C1CCC(=O)NC1=O)C2=O. The molecule has 1 unspecified atom stereocenters. The number of carbonyl (C=O) groups is 4. The van der Waals surface area contributed by atoms with Gasteiger partial charge in [0, 0.05) is 24.2 Å². The third-order valence-corrected chi connectivity index (χ3v) is 5.55. The van der Waals surface area contributed by atoms with E-state index in [1.165, 1.54) is 0 Å². The Kier molecular flexibility index (Phi) is 4.43. The van der Waals surface area contributed by atoms with Crippen LogP contribution in [0.15, 0.2) is 18.2 Å². The average Bonchev–Trinajstić information content (AvgIpc) is 2.88. The van der Waals surface area contributed by atoms with E-state index < -0.39 is 23.8 Å². The van der Waals surface area contributed by atoms with Crippen LogP contribution >= 0.6 is 0 Å². The monoisotopic (exact) mass is 370 g/mol. The van der Waals surface area contributed by atoms with Crippen molar-refractivity contribution < 1.29 is 19.2 Å². The van der Waals surface area contributed by atoms with Gasteiger partial charge in [-0.15, -0.1) is 0 Å². The minimum Gasteiger partial charge on any atom is -0.381 e. The first kappa shape index (κ1) is 17.7. The Morgan fingerprint density at radius 1 is 1.07 bits per heavy atom. The Bertz CT molecular complexity index is 837. The number of imide groups is 2. The molecule has 2 saturated heterocycles. The van der Waals surface area contributed by atoms with Gasteiger partial charge in [-0.3, -0.25) is 29.4 Å². The summed E-state index contributed by atoms with van der Waals surface area (Å²) in [4.78, 5) is 50.0. The van der Waals surface area contributed by atoms with E-state index in [0.717, 1.165) is 30.0 Å². The third-order valence-electron chi connectivity index (χ3n) is 5.55. The molecule has 8 nitrogen and oxygen atoms in total. The van der Waals surface area contributed by atoms with Crippen LogP contribution in [-0.4, -0.2) is 53.2 Å². The molecule has 27 heavy (non-hydrogen) atoms. The van der Waals surface area contributed by atoms with Crippen molar-refractivity contribution in [3.63, 3.8) is 0 Å². The molecule has 3 atom stereocenters. The van der Waals surface area contributed by atoms with Gasteiger partial charge in [0.15, 0.2) is 0 Å². The lowest BCUT2D eigenvalue weighted by atomic mass is 9.99. The van der Waals surface area contributed by atoms with Gasteiger partial charge in [-0.05, 0) is 50.9 Å². The van der Waals surface area contributed by atoms with Crippen LogP contribution in [0.3, 0.4) is 0 Å². The molecule has 4 amide bonds. The van der Waals surface area contributed by atoms with Gasteiger partial charge >= 0.3 is 0 Å². The van der Waals surface area contributed by atoms with Crippen molar-refractivity contribution in [1.29, 1.82) is 0 Å². The van der Waals surface area contributed by atoms with Gasteiger partial charge in [0.25, 0.3) is 11.8 Å². The van der Waals surface area contributed by atoms with Crippen LogP contribution in [0.5, 0.6) is 0 Å². The molecule has 3 aliphatic rings. The third kappa shape index (κ3) is 3.10. The first-order valence-corrected chi connectivity index (χ1v) is 9.31. The van der Waals surface area contributed by atoms with Crippen molar-refractivity contribution >= 4 is 29.3 Å². The largest absolute Gasteiger partial charge is 0.381 e. The second-order valence-corrected chi connectivity index (χ2v) is 7.34. The summed E-state index contributed by atoms with van der Waals surface area (Å²) in [6.45, 7) is 3.11. The molecule has 3 N–H and O–H groups in total. The second kappa shape index (κ2) is 6.77. The minimum atomic E-state index is -0.936. The van der Waals surface area contributed by atoms with E-state index >= 15 is 0 Å². The van der Waals surface area contributed by atoms with E-state index in [-0.39, 0.29) is 24.8 Å². The van der Waals surface area contributed by atoms with Crippen molar-refractivity contribution in [3.8, 4) is 0 Å². The number of anilines is 1. The number of benzene rings is 1. The number of nitrogens with one attached hydrogen (secondary N) is 3. The van der Waals surface area contributed by atoms with Gasteiger partial charge in [-0.1, -0.05) is 0 Å². The second-order valence-electron chi connectivity index (χ2n) is 7.34. The Labute approximate surface area is 156 Å². The number of hydrogen-bond donors (Lipinski definition) is 3. The number of fused-ring (bicyclic) bond motifs is 1. The Morgan fingerprint density at radius 2 is 1.85 bits per heavy atom. The van der Waals surface area contributed by atoms with Crippen LogP contribution in [0, 0.1) is 0 Å². The zero-order valence-corrected chi connectivity index (χ0v) is 15.1. The van der Waals surface area contributed by atoms with E-state index in [9.17, 15) is 19.2 Å². The number of carbonyl (C=O) groups excluding carboxylic acids is 4. The molecular formula is C19H22N4O4. The first-order chi connectivity index (χ1) is 13.0. The highest BCUT2D eigenvalue weighted by molar-refractivity contribution is 6.23. The fraction of sp³-hybridized carbons (Fsp3) is 0.474. The zero-order valence-electron chi connectivity index (χ0n) is 15.1. The highest BCUT2D eigenvalue weighted by atomic mass is 16.2. The molecule has 1 aromatic carbocycles. The summed E-state index contributed by atoms with van der Waals surface area (Å²) in [6, 6.07) is 4.72. The van der Waals surface area contributed by atoms with Crippen molar-refractivity contribution in [2.45, 2.75) is 50.7 Å². The molecular weight excluding hydrogens is 348 g/mol. The molecule has 142 valence electrons. The summed E-state index contributed by atoms with van der Waals surface area (Å²) in [7, 11) is 0. The smallest absolute Gasteiger partial charge is 0.262 e. The minimum absolute atomic E-state index is 0.114. The van der Waals surface area contributed by atoms with E-state index in [2.05, 4.69) is 22.9 Å². The van der Waals surface area contributed by atoms with Crippen LogP contribution in [0.2, 0.25) is 0 Å². The number of amides is 4. The predicted molar refractivity (Wildman–Crippen MR) is 97.2 cm³/mol. The van der Waals surface area contributed by atoms with Gasteiger partial charge in [-0.2, -0.15) is 0 Å². The standard InChI is InChI=1S/C19H22N4O4/c1-10-14(3-2-8-20-10)21-11-4-5-12-13(9-11)19(27)23(18(12)26)15-6-7-16(24)22-17(15)25/h4-5,9-10,14-15,20-21H,2-3,6-8H2,1H3,(H,22,24,25)/t10-,14-,15?/m0/s1. The summed E-state index contributed by atoms with van der Waals surface area (Å²) in [5.74, 6) is -1.94. The zero-order chi connectivity index (χ0) is 19.1. The van der Waals surface area contributed by atoms with E-state index in [1.807, 2.05) is 0 Å². The Balaban J connectivity index is 1.56. The average molecular weight is 370 g/mol. The lowest BCUT2D eigenvalue weighted by Gasteiger charge is -2.31. The molecule has 2 fully saturated rings. The highest BCUT2D eigenvalue weighted by Gasteiger charge is 2.44. The van der Waals surface area contributed by atoms with Crippen molar-refractivity contribution in [2.75, 3.05) is 11.9 Å². The Morgan fingerprint density at radius 3 is 2.59 bits per heavy atom. The highest BCUT2D eigenvalue weighted by Crippen LogP contribution is 2.30. The summed E-state index contributed by atoms with van der Waals surface area (Å²) < 4.78 is 0. The first-order valence-electron chi connectivity index (χ1n) is 9.31. The molecule has 0 bridgehead atoms. The van der Waals surface area contributed by atoms with Gasteiger partial charge in [-0.25, -0.2) is 0 Å². The van der Waals surface area contributed by atoms with Crippen LogP contribution in [0.4, 0.5) is 5.69 Å². The summed E-state index contributed by atoms with van der Waals surface area (Å²) in [5.41, 5.74) is 1.37. The van der Waals surface area contributed by atoms with E-state index in [4.69, 9.17) is 0 Å². The van der Waals surface area contributed by atoms with Crippen molar-refractivity contribution in [3.05, 3.63) is 29.3 Å². The molecule has 3 aliphatic heterocycles. The maximum atomic E-state index is 12.8. The maximum Gasteiger partial charge on any atom is 0.262 e. The molecule has 0 radical (unpaired) electrons. The van der Waals surface area contributed by atoms with Gasteiger partial charge in [0.2, 0.25) is 11.8 Å². The normalized spacial score (nSPS) is 28.2. The molecule has 0 aromatic heterocycles. The van der Waals surface area contributed by atoms with Gasteiger partial charge in [0.05, 0.1) is 11.1 Å². The molecule has 4 rings (SSSR count). The van der Waals surface area contributed by atoms with Crippen molar-refractivity contribution in [1.82, 2.24) is 15.5 Å². The number of nitrogens with zero attached hydrogens (tertiary/aromatic N) is 1. The lowest BCUT2D eigenvalue weighted by molar-refractivity contribution is -0.136. The molecule has 0 spiro atoms. The quantitative estimate of drug-likeness (QED) is 0.674. The molecule has 0 saturated carbocycles. The molecule has 0 aliphatic carbocycles. The summed E-state index contributed by atoms with van der Waals surface area (Å²) >= 11 is 0. The van der Waals surface area contributed by atoms with Gasteiger partial charge < -0.3 is 10.6 Å². The maximum absolute atomic E-state index is 12.8. The summed E-state index contributed by atoms with van der Waals surface area (Å²) in [5, 5.41) is 9.05. The topological polar surface area (TPSA) is 108 Å². The van der Waals surface area contributed by atoms with E-state index in [1.54, 1.807) is 18.2 Å². The Hall–Kier alpha value is -2.74. The van der Waals surface area contributed by atoms with Crippen LogP contribution in [-0.2, 0) is 9.59 Å². The van der Waals surface area contributed by atoms with Crippen molar-refractivity contribution in [2.24, 2.45) is 0 Å². The van der Waals surface area contributed by atoms with E-state index in [0.29, 0.717) is 17.2 Å².